The summed E-state index contributed by atoms with van der Waals surface area (Å²) in [6.07, 6.45) is 0.853. The summed E-state index contributed by atoms with van der Waals surface area (Å²) in [5.74, 6) is -0.196. The number of rotatable bonds is 10. The number of hydrogen-bond donors (Lipinski definition) is 2. The van der Waals surface area contributed by atoms with E-state index in [1.165, 1.54) is 17.7 Å². The normalized spacial score (nSPS) is 15.0. The van der Waals surface area contributed by atoms with Crippen molar-refractivity contribution in [2.24, 2.45) is 5.73 Å². The van der Waals surface area contributed by atoms with Crippen LogP contribution >= 0.6 is 11.6 Å². The molecule has 1 fully saturated rings. The van der Waals surface area contributed by atoms with E-state index < -0.39 is 6.36 Å². The second-order valence-electron chi connectivity index (χ2n) is 10.6. The molecule has 0 aliphatic carbocycles. The highest BCUT2D eigenvalue weighted by atomic mass is 35.5. The Hall–Kier alpha value is -3.20. The number of para-hydroxylation sites is 1. The first-order valence-electron chi connectivity index (χ1n) is 14.2. The number of benzene rings is 3. The number of piperidine rings is 1. The van der Waals surface area contributed by atoms with E-state index in [0.29, 0.717) is 19.0 Å². The average Bonchev–Trinajstić information content (AvgIpc) is 3.30. The second kappa shape index (κ2) is 12.8. The van der Waals surface area contributed by atoms with Gasteiger partial charge in [-0.3, -0.25) is 4.90 Å². The summed E-state index contributed by atoms with van der Waals surface area (Å²) < 4.78 is 45.0. The third kappa shape index (κ3) is 7.18. The molecule has 41 heavy (non-hydrogen) atoms. The summed E-state index contributed by atoms with van der Waals surface area (Å²) in [5.41, 5.74) is 11.8. The van der Waals surface area contributed by atoms with Crippen LogP contribution in [0.25, 0.3) is 22.0 Å². The van der Waals surface area contributed by atoms with Crippen molar-refractivity contribution in [1.82, 2.24) is 9.47 Å². The lowest BCUT2D eigenvalue weighted by molar-refractivity contribution is -0.274. The van der Waals surface area contributed by atoms with Gasteiger partial charge in [0, 0.05) is 54.9 Å². The lowest BCUT2D eigenvalue weighted by atomic mass is 9.96. The predicted octanol–water partition coefficient (Wildman–Crippen LogP) is 7.85. The van der Waals surface area contributed by atoms with Gasteiger partial charge >= 0.3 is 6.36 Å². The number of nitrogens with one attached hydrogen (secondary N) is 1. The molecule has 2 heterocycles. The molecule has 1 saturated heterocycles. The minimum Gasteiger partial charge on any atom is -0.406 e. The Labute approximate surface area is 244 Å². The summed E-state index contributed by atoms with van der Waals surface area (Å²) >= 11 is 6.33. The fraction of sp³-hybridized carbons (Fsp3) is 0.375. The number of halogens is 4. The molecule has 0 amide bonds. The van der Waals surface area contributed by atoms with E-state index in [2.05, 4.69) is 43.9 Å². The molecule has 0 unspecified atom stereocenters. The first-order valence-corrected chi connectivity index (χ1v) is 14.6. The van der Waals surface area contributed by atoms with Crippen LogP contribution < -0.4 is 15.8 Å². The maximum Gasteiger partial charge on any atom is 0.573 e. The number of fused-ring (bicyclic) bond motifs is 1. The highest BCUT2D eigenvalue weighted by Gasteiger charge is 2.31. The van der Waals surface area contributed by atoms with E-state index >= 15 is 0 Å². The fourth-order valence-corrected chi connectivity index (χ4v) is 5.91. The molecule has 0 radical (unpaired) electrons. The predicted molar refractivity (Wildman–Crippen MR) is 160 cm³/mol. The number of hydrogen-bond acceptors (Lipinski definition) is 4. The van der Waals surface area contributed by atoms with Crippen molar-refractivity contribution in [3.8, 4) is 16.9 Å². The van der Waals surface area contributed by atoms with Crippen LogP contribution in [0.4, 0.5) is 18.9 Å². The van der Waals surface area contributed by atoms with Gasteiger partial charge in [-0.15, -0.1) is 13.2 Å². The van der Waals surface area contributed by atoms with Crippen molar-refractivity contribution in [2.45, 2.75) is 58.1 Å². The van der Waals surface area contributed by atoms with Gasteiger partial charge in [-0.05, 0) is 85.3 Å². The fourth-order valence-electron chi connectivity index (χ4n) is 5.72. The van der Waals surface area contributed by atoms with Crippen molar-refractivity contribution in [3.05, 3.63) is 83.0 Å². The summed E-state index contributed by atoms with van der Waals surface area (Å²) in [5, 5.41) is 5.42. The monoisotopic (exact) mass is 584 g/mol. The van der Waals surface area contributed by atoms with Gasteiger partial charge in [0.05, 0.1) is 10.7 Å². The van der Waals surface area contributed by atoms with Gasteiger partial charge in [0.1, 0.15) is 5.75 Å². The van der Waals surface area contributed by atoms with Crippen LogP contribution in [0.15, 0.2) is 66.9 Å². The first-order chi connectivity index (χ1) is 19.7. The summed E-state index contributed by atoms with van der Waals surface area (Å²) in [6, 6.07) is 19.4. The molecule has 3 aromatic carbocycles. The zero-order valence-corrected chi connectivity index (χ0v) is 23.9. The Bertz CT molecular complexity index is 1480. The largest absolute Gasteiger partial charge is 0.573 e. The van der Waals surface area contributed by atoms with Crippen molar-refractivity contribution < 1.29 is 17.9 Å². The maximum atomic E-state index is 12.9. The van der Waals surface area contributed by atoms with E-state index in [1.807, 2.05) is 31.2 Å². The molecule has 218 valence electrons. The van der Waals surface area contributed by atoms with Crippen LogP contribution in [-0.4, -0.2) is 41.5 Å². The van der Waals surface area contributed by atoms with Gasteiger partial charge in [-0.2, -0.15) is 0 Å². The molecule has 0 atom stereocenters. The van der Waals surface area contributed by atoms with Gasteiger partial charge < -0.3 is 20.4 Å². The number of nitrogens with zero attached hydrogens (tertiary/aromatic N) is 2. The Morgan fingerprint density at radius 1 is 1.02 bits per heavy atom. The zero-order valence-electron chi connectivity index (χ0n) is 23.2. The van der Waals surface area contributed by atoms with Gasteiger partial charge in [-0.25, -0.2) is 0 Å². The van der Waals surface area contributed by atoms with Crippen LogP contribution in [-0.2, 0) is 19.5 Å². The number of anilines is 1. The molecule has 9 heteroatoms. The Morgan fingerprint density at radius 3 is 2.51 bits per heavy atom. The second-order valence-corrected chi connectivity index (χ2v) is 11.0. The molecular weight excluding hydrogens is 549 g/mol. The van der Waals surface area contributed by atoms with Crippen LogP contribution in [0.3, 0.4) is 0 Å². The molecule has 1 aromatic heterocycles. The number of alkyl halides is 3. The Morgan fingerprint density at radius 2 is 1.80 bits per heavy atom. The van der Waals surface area contributed by atoms with Crippen molar-refractivity contribution in [3.63, 3.8) is 0 Å². The quantitative estimate of drug-likeness (QED) is 0.199. The molecule has 0 bridgehead atoms. The van der Waals surface area contributed by atoms with E-state index in [0.717, 1.165) is 83.7 Å². The SMILES string of the molecule is CCc1cc(OC(F)(F)F)ccc1-c1cn(CCCN)c2ccc(CN3CCC(Nc4ccccc4Cl)CC3)cc12. The Balaban J connectivity index is 1.37. The third-order valence-corrected chi connectivity index (χ3v) is 8.09. The smallest absolute Gasteiger partial charge is 0.406 e. The van der Waals surface area contributed by atoms with Crippen LogP contribution in [0.5, 0.6) is 5.75 Å². The van der Waals surface area contributed by atoms with E-state index in [-0.39, 0.29) is 5.75 Å². The minimum atomic E-state index is -4.72. The van der Waals surface area contributed by atoms with Gasteiger partial charge in [0.2, 0.25) is 0 Å². The summed E-state index contributed by atoms with van der Waals surface area (Å²) in [4.78, 5) is 2.47. The molecule has 1 aliphatic rings. The molecule has 3 N–H and O–H groups in total. The first kappa shape index (κ1) is 29.3. The minimum absolute atomic E-state index is 0.196. The number of likely N-dealkylation sites (tertiary alicyclic amines) is 1. The summed E-state index contributed by atoms with van der Waals surface area (Å²) in [6.45, 7) is 6.09. The molecule has 0 spiro atoms. The van der Waals surface area contributed by atoms with Gasteiger partial charge in [-0.1, -0.05) is 42.8 Å². The van der Waals surface area contributed by atoms with Crippen LogP contribution in [0, 0.1) is 0 Å². The maximum absolute atomic E-state index is 12.9. The third-order valence-electron chi connectivity index (χ3n) is 7.76. The van der Waals surface area contributed by atoms with Crippen LogP contribution in [0.1, 0.15) is 37.3 Å². The number of nitrogens with two attached hydrogens (primary N) is 1. The van der Waals surface area contributed by atoms with Crippen molar-refractivity contribution in [2.75, 3.05) is 25.0 Å². The van der Waals surface area contributed by atoms with E-state index in [1.54, 1.807) is 6.07 Å². The lowest BCUT2D eigenvalue weighted by Gasteiger charge is -2.33. The topological polar surface area (TPSA) is 55.5 Å². The average molecular weight is 585 g/mol. The highest BCUT2D eigenvalue weighted by Crippen LogP contribution is 2.37. The summed E-state index contributed by atoms with van der Waals surface area (Å²) in [7, 11) is 0. The standard InChI is InChI=1S/C32H36ClF3N4O/c1-2-23-19-25(41-32(34,35)36)9-10-26(23)28-21-40(15-5-14-37)31-11-8-22(18-27(28)31)20-39-16-12-24(13-17-39)38-30-7-4-3-6-29(30)33/h3-4,6-11,18-19,21,24,38H,2,5,12-17,20,37H2,1H3. The van der Waals surface area contributed by atoms with Crippen molar-refractivity contribution >= 4 is 28.2 Å². The molecule has 4 aromatic rings. The molecule has 1 aliphatic heterocycles. The lowest BCUT2D eigenvalue weighted by Crippen LogP contribution is -2.38. The van der Waals surface area contributed by atoms with Gasteiger partial charge in [0.25, 0.3) is 0 Å². The molecule has 5 rings (SSSR count). The van der Waals surface area contributed by atoms with Crippen LogP contribution in [0.2, 0.25) is 5.02 Å². The van der Waals surface area contributed by atoms with E-state index in [9.17, 15) is 13.2 Å². The highest BCUT2D eigenvalue weighted by molar-refractivity contribution is 6.33. The number of ether oxygens (including phenoxy) is 1. The zero-order chi connectivity index (χ0) is 29.0. The molecule has 5 nitrogen and oxygen atoms in total. The number of aryl methyl sites for hydroxylation is 2. The van der Waals surface area contributed by atoms with E-state index in [4.69, 9.17) is 17.3 Å². The van der Waals surface area contributed by atoms with Crippen molar-refractivity contribution in [1.29, 1.82) is 0 Å². The molecular formula is C32H36ClF3N4O. The Kier molecular flexibility index (Phi) is 9.12. The number of aromatic nitrogens is 1. The van der Waals surface area contributed by atoms with Gasteiger partial charge in [0.15, 0.2) is 0 Å². The molecule has 0 saturated carbocycles.